The normalized spacial score (nSPS) is 14.3. The molecule has 0 radical (unpaired) electrons. The van der Waals surface area contributed by atoms with E-state index >= 15 is 0 Å². The van der Waals surface area contributed by atoms with Crippen molar-refractivity contribution in [3.63, 3.8) is 0 Å². The molecule has 3 aromatic rings. The lowest BCUT2D eigenvalue weighted by Crippen LogP contribution is -2.30. The minimum atomic E-state index is -0.963. The molecular formula is C25H20N2O5S. The lowest BCUT2D eigenvalue weighted by molar-refractivity contribution is -0.113. The number of thiocarbonyl (C=S) groups is 1. The van der Waals surface area contributed by atoms with Gasteiger partial charge in [-0.3, -0.25) is 9.69 Å². The van der Waals surface area contributed by atoms with Gasteiger partial charge in [0.05, 0.1) is 18.4 Å². The van der Waals surface area contributed by atoms with Gasteiger partial charge in [0.15, 0.2) is 5.11 Å². The first-order valence-corrected chi connectivity index (χ1v) is 10.4. The Morgan fingerprint density at radius 3 is 2.24 bits per heavy atom. The number of rotatable bonds is 7. The van der Waals surface area contributed by atoms with Crippen LogP contribution in [0.5, 0.6) is 11.5 Å². The smallest absolute Gasteiger partial charge is 0.335 e. The summed E-state index contributed by atoms with van der Waals surface area (Å²) in [4.78, 5) is 25.2. The number of hydrogen-bond donors (Lipinski definition) is 2. The van der Waals surface area contributed by atoms with Crippen LogP contribution in [0.25, 0.3) is 6.08 Å². The van der Waals surface area contributed by atoms with Crippen molar-refractivity contribution in [2.45, 2.75) is 6.61 Å². The lowest BCUT2D eigenvalue weighted by atomic mass is 10.1. The third kappa shape index (κ3) is 5.02. The van der Waals surface area contributed by atoms with E-state index in [-0.39, 0.29) is 11.5 Å². The molecule has 3 aromatic carbocycles. The predicted molar refractivity (Wildman–Crippen MR) is 128 cm³/mol. The molecule has 7 nitrogen and oxygen atoms in total. The van der Waals surface area contributed by atoms with E-state index in [9.17, 15) is 9.59 Å². The number of carbonyl (C=O) groups excluding carboxylic acids is 1. The van der Waals surface area contributed by atoms with Crippen LogP contribution in [0.4, 0.5) is 5.69 Å². The number of hydrogen-bond acceptors (Lipinski definition) is 5. The summed E-state index contributed by atoms with van der Waals surface area (Å²) in [5.74, 6) is 0.144. The van der Waals surface area contributed by atoms with Gasteiger partial charge in [-0.15, -0.1) is 0 Å². The number of methoxy groups -OCH3 is 1. The summed E-state index contributed by atoms with van der Waals surface area (Å²) in [6.07, 6.45) is 1.73. The highest BCUT2D eigenvalue weighted by atomic mass is 32.1. The van der Waals surface area contributed by atoms with Crippen LogP contribution in [-0.4, -0.2) is 29.2 Å². The first-order chi connectivity index (χ1) is 15.9. The van der Waals surface area contributed by atoms with Crippen molar-refractivity contribution in [2.75, 3.05) is 12.0 Å². The van der Waals surface area contributed by atoms with Crippen molar-refractivity contribution in [3.05, 3.63) is 95.2 Å². The average Bonchev–Trinajstić information content (AvgIpc) is 3.11. The Bertz CT molecular complexity index is 1220. The van der Waals surface area contributed by atoms with Gasteiger partial charge in [0, 0.05) is 0 Å². The quantitative estimate of drug-likeness (QED) is 0.403. The summed E-state index contributed by atoms with van der Waals surface area (Å²) in [5, 5.41) is 12.2. The van der Waals surface area contributed by atoms with E-state index in [1.54, 1.807) is 73.8 Å². The minimum Gasteiger partial charge on any atom is -0.497 e. The van der Waals surface area contributed by atoms with Gasteiger partial charge in [0.25, 0.3) is 5.91 Å². The number of ether oxygens (including phenoxy) is 2. The molecule has 166 valence electrons. The Morgan fingerprint density at radius 1 is 1.00 bits per heavy atom. The molecule has 1 heterocycles. The summed E-state index contributed by atoms with van der Waals surface area (Å²) in [7, 11) is 1.58. The van der Waals surface area contributed by atoms with E-state index in [2.05, 4.69) is 5.32 Å². The van der Waals surface area contributed by atoms with Crippen molar-refractivity contribution in [2.24, 2.45) is 0 Å². The minimum absolute atomic E-state index is 0.233. The molecule has 1 amide bonds. The van der Waals surface area contributed by atoms with Gasteiger partial charge < -0.3 is 19.9 Å². The van der Waals surface area contributed by atoms with Crippen LogP contribution in [0.1, 0.15) is 21.5 Å². The van der Waals surface area contributed by atoms with Crippen LogP contribution in [0.15, 0.2) is 78.5 Å². The van der Waals surface area contributed by atoms with E-state index < -0.39 is 5.97 Å². The van der Waals surface area contributed by atoms with Crippen molar-refractivity contribution in [1.82, 2.24) is 5.32 Å². The van der Waals surface area contributed by atoms with Crippen LogP contribution in [0.2, 0.25) is 0 Å². The molecule has 1 fully saturated rings. The maximum absolute atomic E-state index is 12.9. The number of nitrogens with one attached hydrogen (secondary N) is 1. The molecule has 0 atom stereocenters. The molecule has 0 bridgehead atoms. The fourth-order valence-electron chi connectivity index (χ4n) is 3.24. The van der Waals surface area contributed by atoms with Crippen molar-refractivity contribution in [1.29, 1.82) is 0 Å². The fourth-order valence-corrected chi connectivity index (χ4v) is 3.54. The van der Waals surface area contributed by atoms with E-state index in [0.717, 1.165) is 11.1 Å². The Labute approximate surface area is 195 Å². The second kappa shape index (κ2) is 9.54. The summed E-state index contributed by atoms with van der Waals surface area (Å²) < 4.78 is 10.9. The molecule has 0 aromatic heterocycles. The van der Waals surface area contributed by atoms with Crippen molar-refractivity contribution >= 4 is 41.0 Å². The third-order valence-corrected chi connectivity index (χ3v) is 5.29. The molecule has 4 rings (SSSR count). The lowest BCUT2D eigenvalue weighted by Gasteiger charge is -2.14. The zero-order valence-corrected chi connectivity index (χ0v) is 18.5. The molecule has 0 spiro atoms. The standard InChI is InChI=1S/C25H20N2O5S/c1-31-20-12-8-19(9-13-20)27-23(28)22(26-25(27)33)14-16-4-10-21(11-5-16)32-15-17-2-6-18(7-3-17)24(29)30/h2-14H,15H2,1H3,(H,26,33)(H,29,30)/b22-14-. The number of benzene rings is 3. The maximum atomic E-state index is 12.9. The van der Waals surface area contributed by atoms with Gasteiger partial charge in [-0.25, -0.2) is 4.79 Å². The first kappa shape index (κ1) is 22.0. The Kier molecular flexibility index (Phi) is 6.37. The topological polar surface area (TPSA) is 88.1 Å². The summed E-state index contributed by atoms with van der Waals surface area (Å²) in [5.41, 5.74) is 2.93. The molecule has 8 heteroatoms. The number of carboxylic acids is 1. The number of amides is 1. The Morgan fingerprint density at radius 2 is 1.64 bits per heavy atom. The van der Waals surface area contributed by atoms with Crippen LogP contribution in [0.3, 0.4) is 0 Å². The van der Waals surface area contributed by atoms with Gasteiger partial charge in [-0.1, -0.05) is 24.3 Å². The molecule has 2 N–H and O–H groups in total. The van der Waals surface area contributed by atoms with Crippen LogP contribution in [0, 0.1) is 0 Å². The Hall–Kier alpha value is -4.17. The molecule has 0 unspecified atom stereocenters. The predicted octanol–water partition coefficient (Wildman–Crippen LogP) is 4.23. The first-order valence-electron chi connectivity index (χ1n) is 10.0. The largest absolute Gasteiger partial charge is 0.497 e. The van der Waals surface area contributed by atoms with E-state index in [1.165, 1.54) is 4.90 Å². The van der Waals surface area contributed by atoms with Crippen molar-refractivity contribution in [3.8, 4) is 11.5 Å². The molecule has 33 heavy (non-hydrogen) atoms. The second-order valence-corrected chi connectivity index (χ2v) is 7.57. The number of aromatic carboxylic acids is 1. The van der Waals surface area contributed by atoms with Gasteiger partial charge in [-0.05, 0) is 78.0 Å². The highest BCUT2D eigenvalue weighted by molar-refractivity contribution is 7.80. The average molecular weight is 461 g/mol. The highest BCUT2D eigenvalue weighted by Crippen LogP contribution is 2.25. The van der Waals surface area contributed by atoms with Crippen molar-refractivity contribution < 1.29 is 24.2 Å². The SMILES string of the molecule is COc1ccc(N2C(=O)/C(=C/c3ccc(OCc4ccc(C(=O)O)cc4)cc3)NC2=S)cc1. The third-order valence-electron chi connectivity index (χ3n) is 5.01. The van der Waals surface area contributed by atoms with Gasteiger partial charge in [0.2, 0.25) is 0 Å². The number of anilines is 1. The molecule has 1 aliphatic rings. The number of carboxylic acid groups (broad SMARTS) is 1. The van der Waals surface area contributed by atoms with E-state index in [1.807, 2.05) is 12.1 Å². The van der Waals surface area contributed by atoms with Gasteiger partial charge >= 0.3 is 5.97 Å². The van der Waals surface area contributed by atoms with Gasteiger partial charge in [-0.2, -0.15) is 0 Å². The summed E-state index contributed by atoms with van der Waals surface area (Å²) >= 11 is 5.35. The molecule has 1 saturated heterocycles. The molecule has 0 aliphatic carbocycles. The molecule has 1 aliphatic heterocycles. The highest BCUT2D eigenvalue weighted by Gasteiger charge is 2.31. The fraction of sp³-hybridized carbons (Fsp3) is 0.0800. The monoisotopic (exact) mass is 460 g/mol. The van der Waals surface area contributed by atoms with E-state index in [0.29, 0.717) is 34.6 Å². The van der Waals surface area contributed by atoms with Crippen LogP contribution in [-0.2, 0) is 11.4 Å². The van der Waals surface area contributed by atoms with Gasteiger partial charge in [0.1, 0.15) is 23.8 Å². The molecule has 0 saturated carbocycles. The maximum Gasteiger partial charge on any atom is 0.335 e. The summed E-state index contributed by atoms with van der Waals surface area (Å²) in [6.45, 7) is 0.311. The van der Waals surface area contributed by atoms with Crippen LogP contribution < -0.4 is 19.7 Å². The van der Waals surface area contributed by atoms with E-state index in [4.69, 9.17) is 26.8 Å². The summed E-state index contributed by atoms with van der Waals surface area (Å²) in [6, 6.07) is 20.9. The zero-order valence-electron chi connectivity index (χ0n) is 17.6. The number of nitrogens with zero attached hydrogens (tertiary/aromatic N) is 1. The second-order valence-electron chi connectivity index (χ2n) is 7.19. The number of carbonyl (C=O) groups is 2. The molecular weight excluding hydrogens is 440 g/mol. The Balaban J connectivity index is 1.41. The zero-order chi connectivity index (χ0) is 23.4. The van der Waals surface area contributed by atoms with Crippen LogP contribution >= 0.6 is 12.2 Å².